The molecular weight excluding hydrogens is 312 g/mol. The summed E-state index contributed by atoms with van der Waals surface area (Å²) < 4.78 is 1.21. The van der Waals surface area contributed by atoms with Crippen LogP contribution in [0.3, 0.4) is 0 Å². The molecule has 0 aliphatic heterocycles. The highest BCUT2D eigenvalue weighted by Crippen LogP contribution is 2.32. The molecule has 2 nitrogen and oxygen atoms in total. The van der Waals surface area contributed by atoms with Gasteiger partial charge in [-0.05, 0) is 61.8 Å². The van der Waals surface area contributed by atoms with E-state index in [0.717, 1.165) is 5.92 Å². The Morgan fingerprint density at radius 1 is 1.30 bits per heavy atom. The van der Waals surface area contributed by atoms with Crippen molar-refractivity contribution >= 4 is 21.6 Å². The first-order valence-corrected chi connectivity index (χ1v) is 8.54. The van der Waals surface area contributed by atoms with Crippen molar-refractivity contribution in [3.05, 3.63) is 27.7 Å². The number of hydrogen-bond donors (Lipinski definition) is 2. The Kier molecular flexibility index (Phi) is 5.50. The zero-order valence-corrected chi connectivity index (χ0v) is 14.5. The Labute approximate surface area is 131 Å². The first-order valence-electron chi connectivity index (χ1n) is 7.74. The fraction of sp³-hybridized carbons (Fsp3) is 0.647. The molecule has 3 heteroatoms. The van der Waals surface area contributed by atoms with Gasteiger partial charge in [0.25, 0.3) is 0 Å². The molecule has 20 heavy (non-hydrogen) atoms. The average Bonchev–Trinajstić information content (AvgIpc) is 2.42. The van der Waals surface area contributed by atoms with Crippen molar-refractivity contribution in [2.75, 3.05) is 11.9 Å². The van der Waals surface area contributed by atoms with Crippen LogP contribution < -0.4 is 11.1 Å². The minimum atomic E-state index is 0.401. The maximum Gasteiger partial charge on any atom is 0.0411 e. The Balaban J connectivity index is 2.10. The molecule has 0 aromatic heterocycles. The molecule has 0 heterocycles. The van der Waals surface area contributed by atoms with E-state index in [9.17, 15) is 0 Å². The number of benzene rings is 1. The van der Waals surface area contributed by atoms with Crippen LogP contribution in [0.2, 0.25) is 0 Å². The van der Waals surface area contributed by atoms with Gasteiger partial charge in [0, 0.05) is 22.7 Å². The molecule has 0 radical (unpaired) electrons. The number of halogens is 1. The molecule has 1 aliphatic rings. The summed E-state index contributed by atoms with van der Waals surface area (Å²) in [7, 11) is 0. The van der Waals surface area contributed by atoms with E-state index in [-0.39, 0.29) is 0 Å². The van der Waals surface area contributed by atoms with Crippen molar-refractivity contribution in [2.24, 2.45) is 17.6 Å². The average molecular weight is 339 g/mol. The van der Waals surface area contributed by atoms with E-state index in [0.29, 0.717) is 18.5 Å². The summed E-state index contributed by atoms with van der Waals surface area (Å²) in [6.45, 7) is 7.37. The zero-order valence-electron chi connectivity index (χ0n) is 12.9. The summed E-state index contributed by atoms with van der Waals surface area (Å²) in [4.78, 5) is 0. The molecule has 3 N–H and O–H groups in total. The predicted molar refractivity (Wildman–Crippen MR) is 91.2 cm³/mol. The number of nitrogens with two attached hydrogens (primary N) is 1. The lowest BCUT2D eigenvalue weighted by Gasteiger charge is -2.34. The summed E-state index contributed by atoms with van der Waals surface area (Å²) in [5.41, 5.74) is 9.79. The van der Waals surface area contributed by atoms with Crippen molar-refractivity contribution in [2.45, 2.75) is 52.5 Å². The van der Waals surface area contributed by atoms with Gasteiger partial charge >= 0.3 is 0 Å². The Morgan fingerprint density at radius 3 is 2.50 bits per heavy atom. The van der Waals surface area contributed by atoms with Gasteiger partial charge in [0.1, 0.15) is 0 Å². The van der Waals surface area contributed by atoms with Gasteiger partial charge in [-0.1, -0.05) is 35.7 Å². The summed E-state index contributed by atoms with van der Waals surface area (Å²) in [5, 5.41) is 3.68. The van der Waals surface area contributed by atoms with Crippen LogP contribution in [0.25, 0.3) is 0 Å². The number of rotatable bonds is 4. The van der Waals surface area contributed by atoms with Crippen LogP contribution in [-0.4, -0.2) is 12.6 Å². The van der Waals surface area contributed by atoms with E-state index in [1.54, 1.807) is 0 Å². The molecule has 1 saturated carbocycles. The minimum Gasteiger partial charge on any atom is -0.381 e. The summed E-state index contributed by atoms with van der Waals surface area (Å²) in [5.74, 6) is 1.56. The number of aryl methyl sites for hydroxylation is 2. The third kappa shape index (κ3) is 3.76. The van der Waals surface area contributed by atoms with Crippen molar-refractivity contribution in [1.82, 2.24) is 0 Å². The molecule has 2 rings (SSSR count). The number of nitrogens with one attached hydrogen (secondary N) is 1. The highest BCUT2D eigenvalue weighted by atomic mass is 79.9. The molecule has 3 atom stereocenters. The normalized spacial score (nSPS) is 24.4. The van der Waals surface area contributed by atoms with Crippen LogP contribution in [0.4, 0.5) is 5.69 Å². The van der Waals surface area contributed by atoms with Gasteiger partial charge in [-0.25, -0.2) is 0 Å². The number of anilines is 1. The maximum absolute atomic E-state index is 6.03. The van der Waals surface area contributed by atoms with Crippen molar-refractivity contribution in [3.8, 4) is 0 Å². The largest absolute Gasteiger partial charge is 0.381 e. The molecule has 112 valence electrons. The molecule has 0 spiro atoms. The van der Waals surface area contributed by atoms with Crippen LogP contribution in [-0.2, 0) is 0 Å². The van der Waals surface area contributed by atoms with E-state index < -0.39 is 0 Å². The van der Waals surface area contributed by atoms with Crippen LogP contribution in [0.5, 0.6) is 0 Å². The van der Waals surface area contributed by atoms with Crippen molar-refractivity contribution < 1.29 is 0 Å². The van der Waals surface area contributed by atoms with Gasteiger partial charge in [-0.3, -0.25) is 0 Å². The van der Waals surface area contributed by atoms with Gasteiger partial charge < -0.3 is 11.1 Å². The summed E-state index contributed by atoms with van der Waals surface area (Å²) in [6.07, 6.45) is 5.35. The lowest BCUT2D eigenvalue weighted by Crippen LogP contribution is -2.38. The topological polar surface area (TPSA) is 38.0 Å². The first kappa shape index (κ1) is 15.8. The molecule has 0 saturated heterocycles. The SMILES string of the molecule is Cc1cc(NC(CN)C2CCCC(C)C2)cc(C)c1Br. The lowest BCUT2D eigenvalue weighted by molar-refractivity contribution is 0.257. The molecule has 3 unspecified atom stereocenters. The fourth-order valence-electron chi connectivity index (χ4n) is 3.46. The summed E-state index contributed by atoms with van der Waals surface area (Å²) in [6, 6.07) is 4.83. The third-order valence-electron chi connectivity index (χ3n) is 4.59. The second-order valence-corrected chi connectivity index (χ2v) is 7.24. The van der Waals surface area contributed by atoms with Crippen molar-refractivity contribution in [3.63, 3.8) is 0 Å². The van der Waals surface area contributed by atoms with Gasteiger partial charge in [0.2, 0.25) is 0 Å². The van der Waals surface area contributed by atoms with E-state index in [1.807, 2.05) is 0 Å². The third-order valence-corrected chi connectivity index (χ3v) is 5.84. The second kappa shape index (κ2) is 6.95. The molecule has 1 aromatic carbocycles. The molecule has 1 fully saturated rings. The minimum absolute atomic E-state index is 0.401. The van der Waals surface area contributed by atoms with Crippen LogP contribution in [0.15, 0.2) is 16.6 Å². The van der Waals surface area contributed by atoms with Crippen LogP contribution >= 0.6 is 15.9 Å². The number of hydrogen-bond acceptors (Lipinski definition) is 2. The standard InChI is InChI=1S/C17H27BrN2/c1-11-5-4-6-14(7-11)16(10-19)20-15-8-12(2)17(18)13(3)9-15/h8-9,11,14,16,20H,4-7,10,19H2,1-3H3. The van der Waals surface area contributed by atoms with E-state index in [1.165, 1.54) is 47.0 Å². The fourth-order valence-corrected chi connectivity index (χ4v) is 3.69. The molecule has 1 aromatic rings. The van der Waals surface area contributed by atoms with E-state index in [4.69, 9.17) is 5.73 Å². The quantitative estimate of drug-likeness (QED) is 0.839. The predicted octanol–water partition coefficient (Wildman–Crippen LogP) is 4.63. The van der Waals surface area contributed by atoms with E-state index >= 15 is 0 Å². The Hall–Kier alpha value is -0.540. The van der Waals surface area contributed by atoms with Crippen LogP contribution in [0.1, 0.15) is 43.7 Å². The monoisotopic (exact) mass is 338 g/mol. The molecule has 1 aliphatic carbocycles. The highest BCUT2D eigenvalue weighted by Gasteiger charge is 2.25. The molecule has 0 bridgehead atoms. The second-order valence-electron chi connectivity index (χ2n) is 6.44. The first-order chi connectivity index (χ1) is 9.51. The molecule has 0 amide bonds. The van der Waals surface area contributed by atoms with Crippen molar-refractivity contribution in [1.29, 1.82) is 0 Å². The van der Waals surface area contributed by atoms with E-state index in [2.05, 4.69) is 54.2 Å². The van der Waals surface area contributed by atoms with Gasteiger partial charge in [-0.2, -0.15) is 0 Å². The highest BCUT2D eigenvalue weighted by molar-refractivity contribution is 9.10. The Bertz CT molecular complexity index is 435. The van der Waals surface area contributed by atoms with Gasteiger partial charge in [-0.15, -0.1) is 0 Å². The van der Waals surface area contributed by atoms with Gasteiger partial charge in [0.15, 0.2) is 0 Å². The molecular formula is C17H27BrN2. The smallest absolute Gasteiger partial charge is 0.0411 e. The zero-order chi connectivity index (χ0) is 14.7. The van der Waals surface area contributed by atoms with Gasteiger partial charge in [0.05, 0.1) is 0 Å². The lowest BCUT2D eigenvalue weighted by atomic mass is 9.78. The summed E-state index contributed by atoms with van der Waals surface area (Å²) >= 11 is 3.63. The Morgan fingerprint density at radius 2 is 1.95 bits per heavy atom. The maximum atomic E-state index is 6.03. The van der Waals surface area contributed by atoms with Crippen LogP contribution in [0, 0.1) is 25.7 Å².